The summed E-state index contributed by atoms with van der Waals surface area (Å²) in [5.74, 6) is 0.148. The third-order valence-electron chi connectivity index (χ3n) is 3.16. The average molecular weight is 298 g/mol. The summed E-state index contributed by atoms with van der Waals surface area (Å²) in [6.45, 7) is 1.39. The number of benzene rings is 1. The Morgan fingerprint density at radius 2 is 2.23 bits per heavy atom. The van der Waals surface area contributed by atoms with Crippen LogP contribution >= 0.6 is 0 Å². The molecular weight excluding hydrogens is 284 g/mol. The van der Waals surface area contributed by atoms with Crippen molar-refractivity contribution in [3.63, 3.8) is 0 Å². The largest absolute Gasteiger partial charge is 0.477 e. The number of carbonyl (C=O) groups is 1. The molecule has 2 aromatic heterocycles. The Labute approximate surface area is 125 Å². The molecule has 0 radical (unpaired) electrons. The van der Waals surface area contributed by atoms with Crippen LogP contribution in [0.4, 0.5) is 5.69 Å². The highest BCUT2D eigenvalue weighted by Gasteiger charge is 2.09. The van der Waals surface area contributed by atoms with Crippen molar-refractivity contribution in [2.45, 2.75) is 6.92 Å². The molecule has 0 atom stereocenters. The van der Waals surface area contributed by atoms with Crippen LogP contribution in [-0.4, -0.2) is 17.5 Å². The lowest BCUT2D eigenvalue weighted by atomic mass is 10.2. The van der Waals surface area contributed by atoms with Crippen molar-refractivity contribution >= 4 is 22.5 Å². The maximum Gasteiger partial charge on any atom is 0.262 e. The van der Waals surface area contributed by atoms with Crippen LogP contribution in [0.15, 0.2) is 52.0 Å². The molecule has 0 spiro atoms. The molecule has 0 aliphatic heterocycles. The van der Waals surface area contributed by atoms with E-state index in [1.165, 1.54) is 12.3 Å². The first-order valence-corrected chi connectivity index (χ1v) is 6.72. The van der Waals surface area contributed by atoms with Gasteiger partial charge in [-0.25, -0.2) is 0 Å². The average Bonchev–Trinajstić information content (AvgIpc) is 2.96. The predicted octanol–water partition coefficient (Wildman–Crippen LogP) is 2.45. The van der Waals surface area contributed by atoms with Crippen LogP contribution in [0.5, 0.6) is 5.75 Å². The lowest BCUT2D eigenvalue weighted by molar-refractivity contribution is -0.118. The van der Waals surface area contributed by atoms with Gasteiger partial charge >= 0.3 is 0 Å². The lowest BCUT2D eigenvalue weighted by Gasteiger charge is -2.08. The van der Waals surface area contributed by atoms with Gasteiger partial charge in [0, 0.05) is 23.2 Å². The number of hydrogen-bond donors (Lipinski definition) is 2. The predicted molar refractivity (Wildman–Crippen MR) is 82.1 cm³/mol. The van der Waals surface area contributed by atoms with Gasteiger partial charge in [-0.05, 0) is 25.1 Å². The Balaban J connectivity index is 1.68. The topological polar surface area (TPSA) is 84.3 Å². The summed E-state index contributed by atoms with van der Waals surface area (Å²) in [4.78, 5) is 26.6. The van der Waals surface area contributed by atoms with E-state index in [2.05, 4.69) is 10.3 Å². The molecule has 3 aromatic rings. The van der Waals surface area contributed by atoms with E-state index in [-0.39, 0.29) is 23.7 Å². The Bertz CT molecular complexity index is 879. The molecule has 1 amide bonds. The molecule has 2 heterocycles. The molecule has 0 fully saturated rings. The van der Waals surface area contributed by atoms with E-state index >= 15 is 0 Å². The fraction of sp³-hybridized carbons (Fsp3) is 0.125. The molecule has 3 rings (SSSR count). The van der Waals surface area contributed by atoms with Crippen LogP contribution in [0.25, 0.3) is 10.9 Å². The van der Waals surface area contributed by atoms with Gasteiger partial charge in [0.2, 0.25) is 11.2 Å². The fourth-order valence-electron chi connectivity index (χ4n) is 2.12. The van der Waals surface area contributed by atoms with E-state index in [4.69, 9.17) is 9.15 Å². The zero-order valence-electron chi connectivity index (χ0n) is 11.9. The van der Waals surface area contributed by atoms with Gasteiger partial charge in [-0.3, -0.25) is 9.59 Å². The van der Waals surface area contributed by atoms with Crippen molar-refractivity contribution < 1.29 is 13.9 Å². The van der Waals surface area contributed by atoms with Crippen molar-refractivity contribution in [3.05, 3.63) is 58.8 Å². The van der Waals surface area contributed by atoms with Gasteiger partial charge in [-0.1, -0.05) is 6.07 Å². The molecule has 0 aliphatic carbocycles. The maximum absolute atomic E-state index is 12.0. The molecule has 0 unspecified atom stereocenters. The van der Waals surface area contributed by atoms with Crippen molar-refractivity contribution in [2.24, 2.45) is 0 Å². The van der Waals surface area contributed by atoms with Crippen molar-refractivity contribution in [1.29, 1.82) is 0 Å². The number of ether oxygens (including phenoxy) is 1. The molecule has 112 valence electrons. The number of nitrogens with one attached hydrogen (secondary N) is 2. The number of anilines is 1. The van der Waals surface area contributed by atoms with Crippen molar-refractivity contribution in [2.75, 3.05) is 11.9 Å². The van der Waals surface area contributed by atoms with Gasteiger partial charge < -0.3 is 19.5 Å². The molecule has 22 heavy (non-hydrogen) atoms. The van der Waals surface area contributed by atoms with E-state index in [0.717, 1.165) is 10.9 Å². The first-order valence-electron chi connectivity index (χ1n) is 6.72. The SMILES string of the molecule is Cc1cc(=O)c(OCC(=O)Nc2cccc3[nH]ccc23)co1. The zero-order chi connectivity index (χ0) is 15.5. The van der Waals surface area contributed by atoms with Crippen molar-refractivity contribution in [1.82, 2.24) is 4.98 Å². The molecule has 0 saturated carbocycles. The number of aromatic amines is 1. The molecule has 1 aromatic carbocycles. The first-order chi connectivity index (χ1) is 10.6. The minimum absolute atomic E-state index is 0.0144. The Morgan fingerprint density at radius 1 is 1.36 bits per heavy atom. The van der Waals surface area contributed by atoms with Crippen LogP contribution in [0, 0.1) is 6.92 Å². The summed E-state index contributed by atoms with van der Waals surface area (Å²) in [5.41, 5.74) is 1.30. The molecule has 0 saturated heterocycles. The Kier molecular flexibility index (Phi) is 3.65. The van der Waals surface area contributed by atoms with Gasteiger partial charge in [-0.2, -0.15) is 0 Å². The number of aromatic nitrogens is 1. The number of hydrogen-bond acceptors (Lipinski definition) is 4. The van der Waals surface area contributed by atoms with Crippen LogP contribution < -0.4 is 15.5 Å². The third-order valence-corrected chi connectivity index (χ3v) is 3.16. The summed E-state index contributed by atoms with van der Waals surface area (Å²) < 4.78 is 10.3. The van der Waals surface area contributed by atoms with Gasteiger partial charge in [0.25, 0.3) is 5.91 Å². The van der Waals surface area contributed by atoms with E-state index in [1.807, 2.05) is 18.2 Å². The number of rotatable bonds is 4. The molecule has 6 nitrogen and oxygen atoms in total. The highest BCUT2D eigenvalue weighted by molar-refractivity contribution is 6.01. The van der Waals surface area contributed by atoms with Crippen molar-refractivity contribution in [3.8, 4) is 5.75 Å². The van der Waals surface area contributed by atoms with E-state index in [9.17, 15) is 9.59 Å². The standard InChI is InChI=1S/C16H14N2O4/c1-10-7-14(19)15(8-21-10)22-9-16(20)18-13-4-2-3-12-11(13)5-6-17-12/h2-8,17H,9H2,1H3,(H,18,20). The summed E-state index contributed by atoms with van der Waals surface area (Å²) in [6.07, 6.45) is 3.01. The molecule has 6 heteroatoms. The monoisotopic (exact) mass is 298 g/mol. The lowest BCUT2D eigenvalue weighted by Crippen LogP contribution is -2.22. The second-order valence-corrected chi connectivity index (χ2v) is 4.80. The molecular formula is C16H14N2O4. The van der Waals surface area contributed by atoms with Crippen LogP contribution in [0.1, 0.15) is 5.76 Å². The minimum atomic E-state index is -0.353. The number of amides is 1. The van der Waals surface area contributed by atoms with E-state index in [0.29, 0.717) is 11.4 Å². The van der Waals surface area contributed by atoms with E-state index < -0.39 is 0 Å². The number of fused-ring (bicyclic) bond motifs is 1. The van der Waals surface area contributed by atoms with Crippen LogP contribution in [0.3, 0.4) is 0 Å². The third kappa shape index (κ3) is 2.85. The number of carbonyl (C=O) groups excluding carboxylic acids is 1. The summed E-state index contributed by atoms with van der Waals surface area (Å²) >= 11 is 0. The second kappa shape index (κ2) is 5.77. The summed E-state index contributed by atoms with van der Waals surface area (Å²) in [7, 11) is 0. The quantitative estimate of drug-likeness (QED) is 0.775. The second-order valence-electron chi connectivity index (χ2n) is 4.80. The number of aryl methyl sites for hydroxylation is 1. The summed E-state index contributed by atoms with van der Waals surface area (Å²) in [6, 6.07) is 8.74. The van der Waals surface area contributed by atoms with Crippen LogP contribution in [0.2, 0.25) is 0 Å². The van der Waals surface area contributed by atoms with Gasteiger partial charge in [0.05, 0.1) is 5.69 Å². The first kappa shape index (κ1) is 13.9. The highest BCUT2D eigenvalue weighted by Crippen LogP contribution is 2.21. The van der Waals surface area contributed by atoms with Crippen LogP contribution in [-0.2, 0) is 4.79 Å². The Morgan fingerprint density at radius 3 is 3.05 bits per heavy atom. The van der Waals surface area contributed by atoms with E-state index in [1.54, 1.807) is 19.2 Å². The zero-order valence-corrected chi connectivity index (χ0v) is 11.9. The van der Waals surface area contributed by atoms with Gasteiger partial charge in [0.15, 0.2) is 6.61 Å². The number of H-pyrrole nitrogens is 1. The summed E-state index contributed by atoms with van der Waals surface area (Å²) in [5, 5.41) is 3.66. The van der Waals surface area contributed by atoms with Gasteiger partial charge in [0.1, 0.15) is 12.0 Å². The molecule has 2 N–H and O–H groups in total. The smallest absolute Gasteiger partial charge is 0.262 e. The maximum atomic E-state index is 12.0. The van der Waals surface area contributed by atoms with Gasteiger partial charge in [-0.15, -0.1) is 0 Å². The highest BCUT2D eigenvalue weighted by atomic mass is 16.5. The Hall–Kier alpha value is -3.02. The minimum Gasteiger partial charge on any atom is -0.477 e. The molecule has 0 aliphatic rings. The fourth-order valence-corrected chi connectivity index (χ4v) is 2.12. The normalized spacial score (nSPS) is 10.6. The molecule has 0 bridgehead atoms.